The molecule has 0 amide bonds. The SMILES string of the molecule is Cc1ccc(C)n1NCC#N. The van der Waals surface area contributed by atoms with Gasteiger partial charge in [0.25, 0.3) is 0 Å². The van der Waals surface area contributed by atoms with Gasteiger partial charge in [0.2, 0.25) is 0 Å². The molecule has 0 aliphatic heterocycles. The minimum Gasteiger partial charge on any atom is -0.312 e. The summed E-state index contributed by atoms with van der Waals surface area (Å²) in [5.41, 5.74) is 5.21. The Kier molecular flexibility index (Phi) is 2.17. The van der Waals surface area contributed by atoms with Gasteiger partial charge < -0.3 is 5.43 Å². The van der Waals surface area contributed by atoms with Crippen LogP contribution < -0.4 is 5.43 Å². The first-order valence-corrected chi connectivity index (χ1v) is 3.51. The number of hydrogen-bond acceptors (Lipinski definition) is 2. The van der Waals surface area contributed by atoms with Gasteiger partial charge in [-0.3, -0.25) is 4.68 Å². The van der Waals surface area contributed by atoms with E-state index in [-0.39, 0.29) is 0 Å². The summed E-state index contributed by atoms with van der Waals surface area (Å²) in [6.07, 6.45) is 0. The zero-order valence-electron chi connectivity index (χ0n) is 6.76. The zero-order chi connectivity index (χ0) is 8.27. The van der Waals surface area contributed by atoms with Gasteiger partial charge in [-0.1, -0.05) is 0 Å². The van der Waals surface area contributed by atoms with E-state index >= 15 is 0 Å². The summed E-state index contributed by atoms with van der Waals surface area (Å²) in [6, 6.07) is 6.06. The second-order valence-electron chi connectivity index (χ2n) is 2.44. The van der Waals surface area contributed by atoms with Gasteiger partial charge in [-0.05, 0) is 26.0 Å². The highest BCUT2D eigenvalue weighted by atomic mass is 15.4. The lowest BCUT2D eigenvalue weighted by Crippen LogP contribution is -2.17. The average molecular weight is 149 g/mol. The summed E-state index contributed by atoms with van der Waals surface area (Å²) in [6.45, 7) is 4.34. The topological polar surface area (TPSA) is 40.8 Å². The molecule has 0 saturated heterocycles. The third kappa shape index (κ3) is 1.53. The van der Waals surface area contributed by atoms with E-state index in [1.165, 1.54) is 0 Å². The van der Waals surface area contributed by atoms with Crippen LogP contribution >= 0.6 is 0 Å². The molecule has 11 heavy (non-hydrogen) atoms. The fourth-order valence-corrected chi connectivity index (χ4v) is 1.03. The van der Waals surface area contributed by atoms with E-state index in [0.29, 0.717) is 6.54 Å². The van der Waals surface area contributed by atoms with Crippen LogP contribution in [0.15, 0.2) is 12.1 Å². The van der Waals surface area contributed by atoms with Crippen LogP contribution in [-0.2, 0) is 0 Å². The second-order valence-corrected chi connectivity index (χ2v) is 2.44. The summed E-state index contributed by atoms with van der Waals surface area (Å²) in [7, 11) is 0. The molecule has 0 bridgehead atoms. The maximum atomic E-state index is 8.32. The second kappa shape index (κ2) is 3.11. The Morgan fingerprint density at radius 3 is 2.45 bits per heavy atom. The van der Waals surface area contributed by atoms with Gasteiger partial charge in [0.15, 0.2) is 0 Å². The highest BCUT2D eigenvalue weighted by Crippen LogP contribution is 2.02. The fourth-order valence-electron chi connectivity index (χ4n) is 1.03. The van der Waals surface area contributed by atoms with Crippen molar-refractivity contribution < 1.29 is 0 Å². The highest BCUT2D eigenvalue weighted by Gasteiger charge is 1.97. The molecule has 0 unspecified atom stereocenters. The molecule has 0 aromatic carbocycles. The molecule has 1 heterocycles. The molecule has 3 heteroatoms. The van der Waals surface area contributed by atoms with Gasteiger partial charge in [-0.15, -0.1) is 0 Å². The van der Waals surface area contributed by atoms with E-state index in [1.54, 1.807) is 0 Å². The van der Waals surface area contributed by atoms with Crippen LogP contribution in [-0.4, -0.2) is 11.2 Å². The molecular formula is C8H11N3. The van der Waals surface area contributed by atoms with Crippen LogP contribution in [0.1, 0.15) is 11.4 Å². The van der Waals surface area contributed by atoms with E-state index in [1.807, 2.05) is 36.7 Å². The van der Waals surface area contributed by atoms with Gasteiger partial charge in [-0.25, -0.2) is 0 Å². The first kappa shape index (κ1) is 7.67. The molecule has 1 aromatic rings. The maximum absolute atomic E-state index is 8.32. The quantitative estimate of drug-likeness (QED) is 0.641. The van der Waals surface area contributed by atoms with E-state index in [9.17, 15) is 0 Å². The van der Waals surface area contributed by atoms with E-state index in [2.05, 4.69) is 5.43 Å². The summed E-state index contributed by atoms with van der Waals surface area (Å²) >= 11 is 0. The van der Waals surface area contributed by atoms with Crippen LogP contribution in [0.3, 0.4) is 0 Å². The van der Waals surface area contributed by atoms with Crippen LogP contribution in [0.4, 0.5) is 0 Å². The number of nitrogens with zero attached hydrogens (tertiary/aromatic N) is 2. The van der Waals surface area contributed by atoms with Crippen molar-refractivity contribution in [3.63, 3.8) is 0 Å². The Labute approximate surface area is 66.2 Å². The fraction of sp³-hybridized carbons (Fsp3) is 0.375. The number of hydrogen-bond donors (Lipinski definition) is 1. The Bertz CT molecular complexity index is 261. The molecule has 0 aliphatic rings. The average Bonchev–Trinajstić information content (AvgIpc) is 2.29. The smallest absolute Gasteiger partial charge is 0.118 e. The first-order valence-electron chi connectivity index (χ1n) is 3.51. The van der Waals surface area contributed by atoms with Crippen molar-refractivity contribution in [1.82, 2.24) is 4.68 Å². The van der Waals surface area contributed by atoms with Crippen LogP contribution in [0.2, 0.25) is 0 Å². The van der Waals surface area contributed by atoms with Gasteiger partial charge in [0.05, 0.1) is 6.07 Å². The minimum absolute atomic E-state index is 0.344. The number of nitriles is 1. The van der Waals surface area contributed by atoms with Crippen LogP contribution in [0.25, 0.3) is 0 Å². The van der Waals surface area contributed by atoms with Crippen molar-refractivity contribution in [1.29, 1.82) is 5.26 Å². The van der Waals surface area contributed by atoms with Crippen molar-refractivity contribution in [2.45, 2.75) is 13.8 Å². The minimum atomic E-state index is 0.344. The van der Waals surface area contributed by atoms with Gasteiger partial charge in [-0.2, -0.15) is 5.26 Å². The Morgan fingerprint density at radius 1 is 1.45 bits per heavy atom. The molecule has 0 aliphatic carbocycles. The van der Waals surface area contributed by atoms with Crippen molar-refractivity contribution in [2.75, 3.05) is 12.0 Å². The first-order chi connectivity index (χ1) is 5.25. The Balaban J connectivity index is 2.77. The van der Waals surface area contributed by atoms with Crippen molar-refractivity contribution in [3.05, 3.63) is 23.5 Å². The monoisotopic (exact) mass is 149 g/mol. The predicted octanol–water partition coefficient (Wildman–Crippen LogP) is 1.17. The highest BCUT2D eigenvalue weighted by molar-refractivity contribution is 5.15. The number of nitrogens with one attached hydrogen (secondary N) is 1. The number of aromatic nitrogens is 1. The van der Waals surface area contributed by atoms with Gasteiger partial charge >= 0.3 is 0 Å². The van der Waals surface area contributed by atoms with Crippen molar-refractivity contribution in [3.8, 4) is 6.07 Å². The zero-order valence-corrected chi connectivity index (χ0v) is 6.76. The Hall–Kier alpha value is -1.43. The molecule has 58 valence electrons. The van der Waals surface area contributed by atoms with E-state index < -0.39 is 0 Å². The molecule has 1 N–H and O–H groups in total. The summed E-state index contributed by atoms with van der Waals surface area (Å²) < 4.78 is 1.91. The van der Waals surface area contributed by atoms with Gasteiger partial charge in [0.1, 0.15) is 6.54 Å². The third-order valence-corrected chi connectivity index (χ3v) is 1.59. The van der Waals surface area contributed by atoms with Crippen molar-refractivity contribution >= 4 is 0 Å². The third-order valence-electron chi connectivity index (χ3n) is 1.59. The largest absolute Gasteiger partial charge is 0.312 e. The molecule has 1 rings (SSSR count). The maximum Gasteiger partial charge on any atom is 0.118 e. The molecule has 1 aromatic heterocycles. The molecule has 0 spiro atoms. The van der Waals surface area contributed by atoms with Gasteiger partial charge in [0, 0.05) is 11.4 Å². The van der Waals surface area contributed by atoms with Crippen LogP contribution in [0, 0.1) is 25.2 Å². The number of aryl methyl sites for hydroxylation is 2. The molecular weight excluding hydrogens is 138 g/mol. The lowest BCUT2D eigenvalue weighted by molar-refractivity contribution is 0.832. The molecule has 3 nitrogen and oxygen atoms in total. The summed E-state index contributed by atoms with van der Waals surface area (Å²) in [4.78, 5) is 0. The predicted molar refractivity (Wildman–Crippen MR) is 43.7 cm³/mol. The lowest BCUT2D eigenvalue weighted by Gasteiger charge is -2.08. The van der Waals surface area contributed by atoms with Crippen molar-refractivity contribution in [2.24, 2.45) is 0 Å². The molecule has 0 saturated carbocycles. The molecule has 0 fully saturated rings. The molecule has 0 radical (unpaired) electrons. The Morgan fingerprint density at radius 2 is 2.00 bits per heavy atom. The summed E-state index contributed by atoms with van der Waals surface area (Å²) in [5.74, 6) is 0. The number of rotatable bonds is 2. The van der Waals surface area contributed by atoms with E-state index in [4.69, 9.17) is 5.26 Å². The normalized spacial score (nSPS) is 9.18. The van der Waals surface area contributed by atoms with Crippen LogP contribution in [0.5, 0.6) is 0 Å². The standard InChI is InChI=1S/C8H11N3/c1-7-3-4-8(2)11(7)10-6-5-9/h3-4,10H,6H2,1-2H3. The van der Waals surface area contributed by atoms with E-state index in [0.717, 1.165) is 11.4 Å². The lowest BCUT2D eigenvalue weighted by atomic mass is 10.5. The summed E-state index contributed by atoms with van der Waals surface area (Å²) in [5, 5.41) is 8.32. The molecule has 0 atom stereocenters.